The molecule has 0 amide bonds. The predicted octanol–water partition coefficient (Wildman–Crippen LogP) is 2.65. The van der Waals surface area contributed by atoms with Crippen molar-refractivity contribution in [2.24, 2.45) is 5.92 Å². The highest BCUT2D eigenvalue weighted by Gasteiger charge is 2.15. The molecular weight excluding hydrogens is 224 g/mol. The molecule has 1 atom stereocenters. The molecule has 0 aromatic carbocycles. The Morgan fingerprint density at radius 3 is 2.94 bits per heavy atom. The van der Waals surface area contributed by atoms with Crippen LogP contribution in [0.25, 0.3) is 0 Å². The highest BCUT2D eigenvalue weighted by atomic mass is 15.3. The fraction of sp³-hybridized carbons (Fsp3) is 0.714. The summed E-state index contributed by atoms with van der Waals surface area (Å²) in [5.74, 6) is 1.87. The van der Waals surface area contributed by atoms with E-state index in [-0.39, 0.29) is 0 Å². The summed E-state index contributed by atoms with van der Waals surface area (Å²) in [4.78, 5) is 2.37. The van der Waals surface area contributed by atoms with E-state index in [1.54, 1.807) is 0 Å². The SMILES string of the molecule is CC(C)n1cnnc1CN(C)C[C@H]1CC=CCC1. The summed E-state index contributed by atoms with van der Waals surface area (Å²) in [7, 11) is 2.18. The lowest BCUT2D eigenvalue weighted by Crippen LogP contribution is -2.27. The van der Waals surface area contributed by atoms with Crippen LogP contribution in [0.4, 0.5) is 0 Å². The molecule has 1 aliphatic carbocycles. The van der Waals surface area contributed by atoms with Crippen LogP contribution in [-0.2, 0) is 6.54 Å². The van der Waals surface area contributed by atoms with Crippen molar-refractivity contribution in [3.05, 3.63) is 24.3 Å². The first-order valence-electron chi connectivity index (χ1n) is 6.88. The fourth-order valence-electron chi connectivity index (χ4n) is 2.58. The molecule has 1 heterocycles. The summed E-state index contributed by atoms with van der Waals surface area (Å²) in [5, 5.41) is 8.25. The zero-order valence-corrected chi connectivity index (χ0v) is 11.7. The molecule has 2 rings (SSSR count). The largest absolute Gasteiger partial charge is 0.314 e. The van der Waals surface area contributed by atoms with Crippen molar-refractivity contribution in [2.45, 2.75) is 45.7 Å². The molecule has 4 heteroatoms. The van der Waals surface area contributed by atoms with Gasteiger partial charge >= 0.3 is 0 Å². The van der Waals surface area contributed by atoms with Gasteiger partial charge in [-0.05, 0) is 46.1 Å². The lowest BCUT2D eigenvalue weighted by atomic mass is 9.94. The van der Waals surface area contributed by atoms with E-state index in [1.165, 1.54) is 19.3 Å². The van der Waals surface area contributed by atoms with Crippen molar-refractivity contribution >= 4 is 0 Å². The van der Waals surface area contributed by atoms with E-state index in [0.717, 1.165) is 24.8 Å². The zero-order chi connectivity index (χ0) is 13.0. The predicted molar refractivity (Wildman–Crippen MR) is 73.2 cm³/mol. The molecule has 0 spiro atoms. The Morgan fingerprint density at radius 1 is 1.44 bits per heavy atom. The molecule has 0 bridgehead atoms. The van der Waals surface area contributed by atoms with Crippen LogP contribution >= 0.6 is 0 Å². The molecule has 1 aromatic heterocycles. The van der Waals surface area contributed by atoms with Crippen LogP contribution in [0, 0.1) is 5.92 Å². The van der Waals surface area contributed by atoms with Crippen molar-refractivity contribution in [1.82, 2.24) is 19.7 Å². The van der Waals surface area contributed by atoms with Crippen molar-refractivity contribution in [3.8, 4) is 0 Å². The Balaban J connectivity index is 1.88. The van der Waals surface area contributed by atoms with Gasteiger partial charge in [-0.2, -0.15) is 0 Å². The Hall–Kier alpha value is -1.16. The lowest BCUT2D eigenvalue weighted by molar-refractivity contribution is 0.249. The summed E-state index contributed by atoms with van der Waals surface area (Å²) >= 11 is 0. The summed E-state index contributed by atoms with van der Waals surface area (Å²) < 4.78 is 2.15. The summed E-state index contributed by atoms with van der Waals surface area (Å²) in [5.41, 5.74) is 0. The number of hydrogen-bond acceptors (Lipinski definition) is 3. The summed E-state index contributed by atoms with van der Waals surface area (Å²) in [6.07, 6.45) is 10.2. The van der Waals surface area contributed by atoms with Crippen LogP contribution in [0.5, 0.6) is 0 Å². The van der Waals surface area contributed by atoms with Crippen molar-refractivity contribution in [1.29, 1.82) is 0 Å². The molecule has 0 fully saturated rings. The van der Waals surface area contributed by atoms with E-state index >= 15 is 0 Å². The second kappa shape index (κ2) is 6.14. The standard InChI is InChI=1S/C14H24N4/c1-12(2)18-11-15-16-14(18)10-17(3)9-13-7-5-4-6-8-13/h4-5,11-13H,6-10H2,1-3H3/t13-/m0/s1. The van der Waals surface area contributed by atoms with Gasteiger partial charge in [0, 0.05) is 12.6 Å². The number of rotatable bonds is 5. The Labute approximate surface area is 110 Å². The zero-order valence-electron chi connectivity index (χ0n) is 11.7. The van der Waals surface area contributed by atoms with Gasteiger partial charge in [0.2, 0.25) is 0 Å². The minimum Gasteiger partial charge on any atom is -0.314 e. The maximum Gasteiger partial charge on any atom is 0.147 e. The lowest BCUT2D eigenvalue weighted by Gasteiger charge is -2.24. The minimum absolute atomic E-state index is 0.431. The van der Waals surface area contributed by atoms with Crippen LogP contribution in [0.1, 0.15) is 45.0 Å². The Kier molecular flexibility index (Phi) is 4.53. The van der Waals surface area contributed by atoms with Gasteiger partial charge in [0.25, 0.3) is 0 Å². The molecule has 0 unspecified atom stereocenters. The molecule has 0 aliphatic heterocycles. The summed E-state index contributed by atoms with van der Waals surface area (Å²) in [6, 6.07) is 0.431. The van der Waals surface area contributed by atoms with E-state index in [9.17, 15) is 0 Å². The van der Waals surface area contributed by atoms with Gasteiger partial charge in [-0.15, -0.1) is 10.2 Å². The van der Waals surface area contributed by atoms with Gasteiger partial charge in [-0.3, -0.25) is 4.90 Å². The third-order valence-corrected chi connectivity index (χ3v) is 3.56. The van der Waals surface area contributed by atoms with Gasteiger partial charge in [0.05, 0.1) is 6.54 Å². The van der Waals surface area contributed by atoms with E-state index in [2.05, 4.69) is 52.7 Å². The maximum absolute atomic E-state index is 4.23. The molecule has 100 valence electrons. The third-order valence-electron chi connectivity index (χ3n) is 3.56. The second-order valence-corrected chi connectivity index (χ2v) is 5.60. The van der Waals surface area contributed by atoms with E-state index in [4.69, 9.17) is 0 Å². The van der Waals surface area contributed by atoms with Gasteiger partial charge in [-0.25, -0.2) is 0 Å². The van der Waals surface area contributed by atoms with E-state index in [1.807, 2.05) is 6.33 Å². The smallest absolute Gasteiger partial charge is 0.147 e. The number of hydrogen-bond donors (Lipinski definition) is 0. The van der Waals surface area contributed by atoms with E-state index < -0.39 is 0 Å². The minimum atomic E-state index is 0.431. The number of aromatic nitrogens is 3. The molecule has 0 radical (unpaired) electrons. The first-order valence-corrected chi connectivity index (χ1v) is 6.88. The molecule has 4 nitrogen and oxygen atoms in total. The monoisotopic (exact) mass is 248 g/mol. The Bertz CT molecular complexity index is 394. The molecule has 0 saturated heterocycles. The van der Waals surface area contributed by atoms with Crippen LogP contribution in [0.3, 0.4) is 0 Å². The molecule has 1 aromatic rings. The average molecular weight is 248 g/mol. The highest BCUT2D eigenvalue weighted by Crippen LogP contribution is 2.19. The highest BCUT2D eigenvalue weighted by molar-refractivity contribution is 4.92. The molecule has 0 saturated carbocycles. The van der Waals surface area contributed by atoms with Crippen molar-refractivity contribution in [2.75, 3.05) is 13.6 Å². The van der Waals surface area contributed by atoms with E-state index in [0.29, 0.717) is 6.04 Å². The normalized spacial score (nSPS) is 19.9. The first-order chi connectivity index (χ1) is 8.66. The molecule has 18 heavy (non-hydrogen) atoms. The molecule has 1 aliphatic rings. The van der Waals surface area contributed by atoms with Crippen LogP contribution in [0.2, 0.25) is 0 Å². The van der Waals surface area contributed by atoms with Gasteiger partial charge < -0.3 is 4.57 Å². The quantitative estimate of drug-likeness (QED) is 0.751. The van der Waals surface area contributed by atoms with Gasteiger partial charge in [0.1, 0.15) is 12.2 Å². The van der Waals surface area contributed by atoms with Crippen LogP contribution in [0.15, 0.2) is 18.5 Å². The third kappa shape index (κ3) is 3.42. The van der Waals surface area contributed by atoms with Crippen LogP contribution < -0.4 is 0 Å². The fourth-order valence-corrected chi connectivity index (χ4v) is 2.58. The van der Waals surface area contributed by atoms with Crippen molar-refractivity contribution < 1.29 is 0 Å². The summed E-state index contributed by atoms with van der Waals surface area (Å²) in [6.45, 7) is 6.37. The van der Waals surface area contributed by atoms with Gasteiger partial charge in [0.15, 0.2) is 0 Å². The first kappa shape index (κ1) is 13.3. The molecule has 0 N–H and O–H groups in total. The average Bonchev–Trinajstić information content (AvgIpc) is 2.78. The number of nitrogens with zero attached hydrogens (tertiary/aromatic N) is 4. The Morgan fingerprint density at radius 2 is 2.28 bits per heavy atom. The second-order valence-electron chi connectivity index (χ2n) is 5.60. The number of allylic oxidation sites excluding steroid dienone is 2. The molecular formula is C14H24N4. The topological polar surface area (TPSA) is 34.0 Å². The maximum atomic E-state index is 4.23. The van der Waals surface area contributed by atoms with Gasteiger partial charge in [-0.1, -0.05) is 12.2 Å². The van der Waals surface area contributed by atoms with Crippen molar-refractivity contribution in [3.63, 3.8) is 0 Å². The van der Waals surface area contributed by atoms with Crippen LogP contribution in [-0.4, -0.2) is 33.3 Å².